The van der Waals surface area contributed by atoms with E-state index in [4.69, 9.17) is 0 Å². The zero-order valence-electron chi connectivity index (χ0n) is 16.1. The maximum atomic E-state index is 13.5. The molecule has 0 saturated carbocycles. The summed E-state index contributed by atoms with van der Waals surface area (Å²) in [5.74, 6) is -0.177. The van der Waals surface area contributed by atoms with Crippen molar-refractivity contribution in [3.63, 3.8) is 0 Å². The van der Waals surface area contributed by atoms with E-state index in [0.29, 0.717) is 23.6 Å². The first-order valence-electron chi connectivity index (χ1n) is 9.00. The summed E-state index contributed by atoms with van der Waals surface area (Å²) in [6, 6.07) is 10.1. The fourth-order valence-corrected chi connectivity index (χ4v) is 4.23. The second kappa shape index (κ2) is 11.3. The van der Waals surface area contributed by atoms with Gasteiger partial charge in [-0.1, -0.05) is 18.2 Å². The van der Waals surface area contributed by atoms with Crippen molar-refractivity contribution in [2.75, 3.05) is 18.8 Å². The summed E-state index contributed by atoms with van der Waals surface area (Å²) in [6.45, 7) is 0.155. The third-order valence-corrected chi connectivity index (χ3v) is 6.28. The van der Waals surface area contributed by atoms with Gasteiger partial charge in [0.1, 0.15) is 11.6 Å². The van der Waals surface area contributed by atoms with E-state index in [-0.39, 0.29) is 29.6 Å². The summed E-state index contributed by atoms with van der Waals surface area (Å²) in [4.78, 5) is 11.5. The molecule has 2 rings (SSSR count). The lowest BCUT2D eigenvalue weighted by molar-refractivity contribution is -0.274. The lowest BCUT2D eigenvalue weighted by Crippen LogP contribution is -2.31. The lowest BCUT2D eigenvalue weighted by atomic mass is 10.2. The molecule has 0 aliphatic carbocycles. The summed E-state index contributed by atoms with van der Waals surface area (Å²) in [7, 11) is -3.99. The summed E-state index contributed by atoms with van der Waals surface area (Å²) < 4.78 is 80.0. The number of hydrogen-bond acceptors (Lipinski definition) is 5. The van der Waals surface area contributed by atoms with Gasteiger partial charge in [-0.3, -0.25) is 4.79 Å². The maximum absolute atomic E-state index is 13.5. The highest BCUT2D eigenvalue weighted by Crippen LogP contribution is 2.23. The molecule has 0 bridgehead atoms. The predicted molar refractivity (Wildman–Crippen MR) is 109 cm³/mol. The number of alkyl halides is 3. The molecule has 0 atom stereocenters. The summed E-state index contributed by atoms with van der Waals surface area (Å²) in [5, 5.41) is 2.63. The van der Waals surface area contributed by atoms with Gasteiger partial charge in [0.05, 0.1) is 4.90 Å². The average molecular weight is 481 g/mol. The summed E-state index contributed by atoms with van der Waals surface area (Å²) >= 11 is 1.45. The zero-order chi connectivity index (χ0) is 22.9. The molecule has 1 amide bonds. The summed E-state index contributed by atoms with van der Waals surface area (Å²) in [5.41, 5.74) is 0.575. The van der Waals surface area contributed by atoms with E-state index in [1.807, 2.05) is 0 Å². The predicted octanol–water partition coefficient (Wildman–Crippen LogP) is 3.44. The number of thioether (sulfide) groups is 1. The first kappa shape index (κ1) is 25.0. The Morgan fingerprint density at radius 2 is 1.71 bits per heavy atom. The SMILES string of the molecule is O=C(CCNS(=O)(=O)c1ccc(OC(F)(F)F)cc1)NCCSCc1ccccc1F. The number of carbonyl (C=O) groups is 1. The Labute approximate surface area is 181 Å². The minimum absolute atomic E-state index is 0.119. The number of hydrogen-bond donors (Lipinski definition) is 2. The molecule has 0 aromatic heterocycles. The standard InChI is InChI=1S/C19H20F4N2O4S2/c20-17-4-2-1-3-14(17)13-30-12-11-24-18(26)9-10-25-31(27,28)16-7-5-15(6-8-16)29-19(21,22)23/h1-8,25H,9-13H2,(H,24,26). The number of ether oxygens (including phenoxy) is 1. The van der Waals surface area contributed by atoms with Gasteiger partial charge in [0.25, 0.3) is 0 Å². The van der Waals surface area contributed by atoms with Crippen LogP contribution in [0.3, 0.4) is 0 Å². The normalized spacial score (nSPS) is 11.9. The first-order chi connectivity index (χ1) is 14.6. The largest absolute Gasteiger partial charge is 0.573 e. The molecule has 2 aromatic carbocycles. The van der Waals surface area contributed by atoms with Crippen LogP contribution in [0, 0.1) is 5.82 Å². The molecule has 12 heteroatoms. The second-order valence-corrected chi connectivity index (χ2v) is 9.03. The van der Waals surface area contributed by atoms with Crippen molar-refractivity contribution >= 4 is 27.7 Å². The van der Waals surface area contributed by atoms with Gasteiger partial charge in [-0.25, -0.2) is 17.5 Å². The highest BCUT2D eigenvalue weighted by Gasteiger charge is 2.31. The van der Waals surface area contributed by atoms with Crippen LogP contribution in [0.1, 0.15) is 12.0 Å². The van der Waals surface area contributed by atoms with Crippen molar-refractivity contribution in [1.29, 1.82) is 0 Å². The molecule has 0 spiro atoms. The van der Waals surface area contributed by atoms with E-state index in [9.17, 15) is 30.8 Å². The Balaban J connectivity index is 1.67. The monoisotopic (exact) mass is 480 g/mol. The van der Waals surface area contributed by atoms with Crippen LogP contribution in [0.2, 0.25) is 0 Å². The van der Waals surface area contributed by atoms with E-state index in [1.54, 1.807) is 18.2 Å². The molecule has 2 N–H and O–H groups in total. The molecule has 6 nitrogen and oxygen atoms in total. The summed E-state index contributed by atoms with van der Waals surface area (Å²) in [6.07, 6.45) is -4.99. The Morgan fingerprint density at radius 1 is 1.03 bits per heavy atom. The quantitative estimate of drug-likeness (QED) is 0.380. The minimum Gasteiger partial charge on any atom is -0.406 e. The molecule has 0 fully saturated rings. The number of rotatable bonds is 11. The fraction of sp³-hybridized carbons (Fsp3) is 0.316. The van der Waals surface area contributed by atoms with Crippen LogP contribution in [0.5, 0.6) is 5.75 Å². The number of nitrogens with one attached hydrogen (secondary N) is 2. The highest BCUT2D eigenvalue weighted by molar-refractivity contribution is 7.98. The topological polar surface area (TPSA) is 84.5 Å². The van der Waals surface area contributed by atoms with Crippen molar-refractivity contribution in [2.45, 2.75) is 23.4 Å². The number of sulfonamides is 1. The molecule has 0 unspecified atom stereocenters. The van der Waals surface area contributed by atoms with Crippen molar-refractivity contribution in [2.24, 2.45) is 0 Å². The van der Waals surface area contributed by atoms with Gasteiger partial charge in [0.2, 0.25) is 15.9 Å². The van der Waals surface area contributed by atoms with Gasteiger partial charge in [-0.05, 0) is 35.9 Å². The third-order valence-electron chi connectivity index (χ3n) is 3.80. The van der Waals surface area contributed by atoms with Gasteiger partial charge in [0.15, 0.2) is 0 Å². The van der Waals surface area contributed by atoms with Crippen molar-refractivity contribution in [1.82, 2.24) is 10.0 Å². The van der Waals surface area contributed by atoms with Gasteiger partial charge in [-0.2, -0.15) is 11.8 Å². The lowest BCUT2D eigenvalue weighted by Gasteiger charge is -2.10. The minimum atomic E-state index is -4.87. The molecule has 31 heavy (non-hydrogen) atoms. The van der Waals surface area contributed by atoms with Crippen molar-refractivity contribution < 1.29 is 35.5 Å². The number of amides is 1. The van der Waals surface area contributed by atoms with E-state index in [0.717, 1.165) is 24.3 Å². The zero-order valence-corrected chi connectivity index (χ0v) is 17.7. The van der Waals surface area contributed by atoms with Gasteiger partial charge in [-0.15, -0.1) is 13.2 Å². The number of halogens is 4. The van der Waals surface area contributed by atoms with E-state index >= 15 is 0 Å². The van der Waals surface area contributed by atoms with Crippen LogP contribution >= 0.6 is 11.8 Å². The Hall–Kier alpha value is -2.31. The van der Waals surface area contributed by atoms with E-state index in [1.165, 1.54) is 17.8 Å². The van der Waals surface area contributed by atoms with E-state index < -0.39 is 22.1 Å². The third kappa shape index (κ3) is 9.15. The molecule has 0 heterocycles. The van der Waals surface area contributed by atoms with Gasteiger partial charge < -0.3 is 10.1 Å². The first-order valence-corrected chi connectivity index (χ1v) is 11.6. The van der Waals surface area contributed by atoms with Crippen LogP contribution in [0.25, 0.3) is 0 Å². The van der Waals surface area contributed by atoms with Crippen LogP contribution in [0.15, 0.2) is 53.4 Å². The molecule has 0 radical (unpaired) electrons. The Morgan fingerprint density at radius 3 is 2.35 bits per heavy atom. The van der Waals surface area contributed by atoms with Gasteiger partial charge >= 0.3 is 6.36 Å². The molecular weight excluding hydrogens is 460 g/mol. The van der Waals surface area contributed by atoms with Crippen molar-refractivity contribution in [3.05, 3.63) is 59.9 Å². The van der Waals surface area contributed by atoms with Gasteiger partial charge in [0, 0.05) is 31.0 Å². The molecular formula is C19H20F4N2O4S2. The smallest absolute Gasteiger partial charge is 0.406 e. The average Bonchev–Trinajstić information content (AvgIpc) is 2.68. The Kier molecular flexibility index (Phi) is 9.14. The molecule has 170 valence electrons. The molecule has 0 saturated heterocycles. The van der Waals surface area contributed by atoms with Crippen molar-refractivity contribution in [3.8, 4) is 5.75 Å². The van der Waals surface area contributed by atoms with Crippen LogP contribution < -0.4 is 14.8 Å². The van der Waals surface area contributed by atoms with Crippen LogP contribution in [0.4, 0.5) is 17.6 Å². The van der Waals surface area contributed by atoms with Crippen LogP contribution in [-0.4, -0.2) is 39.5 Å². The fourth-order valence-electron chi connectivity index (χ4n) is 2.35. The van der Waals surface area contributed by atoms with E-state index in [2.05, 4.69) is 14.8 Å². The van der Waals surface area contributed by atoms with Crippen LogP contribution in [-0.2, 0) is 20.6 Å². The highest BCUT2D eigenvalue weighted by atomic mass is 32.2. The maximum Gasteiger partial charge on any atom is 0.573 e. The number of benzene rings is 2. The molecule has 2 aromatic rings. The molecule has 0 aliphatic heterocycles. The number of carbonyl (C=O) groups excluding carboxylic acids is 1. The second-order valence-electron chi connectivity index (χ2n) is 6.16. The molecule has 0 aliphatic rings. The Bertz CT molecular complexity index is 968.